The summed E-state index contributed by atoms with van der Waals surface area (Å²) in [7, 11) is 0. The second kappa shape index (κ2) is 16.9. The Morgan fingerprint density at radius 1 is 0.275 bits per heavy atom. The van der Waals surface area contributed by atoms with Crippen molar-refractivity contribution < 1.29 is 4.42 Å². The van der Waals surface area contributed by atoms with Crippen molar-refractivity contribution in [2.24, 2.45) is 0 Å². The Hall–Kier alpha value is -9.18. The number of benzene rings is 11. The Morgan fingerprint density at radius 3 is 1.35 bits per heavy atom. The highest BCUT2D eigenvalue weighted by Gasteiger charge is 2.21. The van der Waals surface area contributed by atoms with Gasteiger partial charge in [-0.05, 0) is 123 Å². The Balaban J connectivity index is 0.909. The first-order valence-corrected chi connectivity index (χ1v) is 23.6. The minimum atomic E-state index is 0.891. The first kappa shape index (κ1) is 40.1. The number of hydrogen-bond donors (Lipinski definition) is 0. The van der Waals surface area contributed by atoms with Crippen LogP contribution in [0.1, 0.15) is 0 Å². The third-order valence-electron chi connectivity index (χ3n) is 13.7. The second-order valence-corrected chi connectivity index (χ2v) is 17.6. The molecule has 0 bridgehead atoms. The van der Waals surface area contributed by atoms with Crippen LogP contribution in [0.15, 0.2) is 271 Å². The fourth-order valence-corrected chi connectivity index (χ4v) is 10.4. The summed E-state index contributed by atoms with van der Waals surface area (Å²) in [5.74, 6) is 0. The van der Waals surface area contributed by atoms with Gasteiger partial charge < -0.3 is 13.9 Å². The molecule has 11 aromatic carbocycles. The van der Waals surface area contributed by atoms with E-state index in [2.05, 4.69) is 264 Å². The van der Waals surface area contributed by atoms with Gasteiger partial charge in [-0.2, -0.15) is 0 Å². The summed E-state index contributed by atoms with van der Waals surface area (Å²) in [4.78, 5) is 2.40. The van der Waals surface area contributed by atoms with E-state index >= 15 is 0 Å². The van der Waals surface area contributed by atoms with Gasteiger partial charge in [0.1, 0.15) is 11.2 Å². The van der Waals surface area contributed by atoms with Crippen LogP contribution in [0.3, 0.4) is 0 Å². The van der Waals surface area contributed by atoms with Gasteiger partial charge in [-0.3, -0.25) is 0 Å². The highest BCUT2D eigenvalue weighted by Crippen LogP contribution is 2.46. The van der Waals surface area contributed by atoms with Gasteiger partial charge in [-0.1, -0.05) is 194 Å². The number of hydrogen-bond acceptors (Lipinski definition) is 2. The fraction of sp³-hybridized carbons (Fsp3) is 0. The average Bonchev–Trinajstić information content (AvgIpc) is 3.97. The van der Waals surface area contributed by atoms with Crippen LogP contribution in [0.5, 0.6) is 0 Å². The van der Waals surface area contributed by atoms with Crippen LogP contribution in [-0.2, 0) is 0 Å². The molecule has 0 radical (unpaired) electrons. The van der Waals surface area contributed by atoms with E-state index in [-0.39, 0.29) is 0 Å². The number of anilines is 3. The molecule has 0 aliphatic heterocycles. The van der Waals surface area contributed by atoms with Crippen molar-refractivity contribution >= 4 is 60.8 Å². The van der Waals surface area contributed by atoms with E-state index in [9.17, 15) is 0 Å². The zero-order chi connectivity index (χ0) is 45.7. The molecule has 0 saturated carbocycles. The van der Waals surface area contributed by atoms with Crippen LogP contribution in [0.4, 0.5) is 17.1 Å². The first-order valence-electron chi connectivity index (χ1n) is 23.6. The summed E-state index contributed by atoms with van der Waals surface area (Å²) in [6.45, 7) is 0. The normalized spacial score (nSPS) is 11.5. The quantitative estimate of drug-likeness (QED) is 0.144. The smallest absolute Gasteiger partial charge is 0.136 e. The fourth-order valence-electron chi connectivity index (χ4n) is 10.4. The molecule has 0 aliphatic rings. The zero-order valence-corrected chi connectivity index (χ0v) is 37.7. The standard InChI is InChI=1S/C66H44N2O/c1-2-16-48(17-3-1)53-18-4-5-19-54(53)55-20-6-7-21-56(55)57-22-8-12-26-62(57)67(51-39-34-47(35-40-51)49-36-43-61-60-25-11-15-29-65(60)69-66(61)44-49)50-37-30-45(31-38-50)46-32-41-52(42-33-46)68-63-27-13-9-23-58(63)59-24-10-14-28-64(59)68/h1-44H. The van der Waals surface area contributed by atoms with Crippen LogP contribution in [0, 0.1) is 0 Å². The highest BCUT2D eigenvalue weighted by atomic mass is 16.3. The third kappa shape index (κ3) is 7.08. The van der Waals surface area contributed by atoms with Crippen molar-refractivity contribution in [1.82, 2.24) is 4.57 Å². The van der Waals surface area contributed by atoms with Crippen LogP contribution in [0.25, 0.3) is 105 Å². The zero-order valence-electron chi connectivity index (χ0n) is 37.7. The van der Waals surface area contributed by atoms with E-state index in [1.807, 2.05) is 12.1 Å². The van der Waals surface area contributed by atoms with Crippen LogP contribution in [0.2, 0.25) is 0 Å². The summed E-state index contributed by atoms with van der Waals surface area (Å²) >= 11 is 0. The summed E-state index contributed by atoms with van der Waals surface area (Å²) in [5, 5.41) is 4.79. The minimum absolute atomic E-state index is 0.891. The topological polar surface area (TPSA) is 21.3 Å². The van der Waals surface area contributed by atoms with Crippen molar-refractivity contribution in [2.75, 3.05) is 4.90 Å². The molecule has 13 aromatic rings. The molecule has 324 valence electrons. The first-order chi connectivity index (χ1) is 34.2. The molecular formula is C66H44N2O. The van der Waals surface area contributed by atoms with E-state index in [0.717, 1.165) is 78.1 Å². The van der Waals surface area contributed by atoms with Crippen molar-refractivity contribution in [3.05, 3.63) is 267 Å². The lowest BCUT2D eigenvalue weighted by Crippen LogP contribution is -2.11. The van der Waals surface area contributed by atoms with Gasteiger partial charge >= 0.3 is 0 Å². The monoisotopic (exact) mass is 880 g/mol. The molecular weight excluding hydrogens is 837 g/mol. The van der Waals surface area contributed by atoms with E-state index in [1.54, 1.807) is 0 Å². The van der Waals surface area contributed by atoms with Gasteiger partial charge in [0.05, 0.1) is 16.7 Å². The summed E-state index contributed by atoms with van der Waals surface area (Å²) in [6.07, 6.45) is 0. The van der Waals surface area contributed by atoms with Gasteiger partial charge in [0, 0.05) is 44.2 Å². The third-order valence-corrected chi connectivity index (χ3v) is 13.7. The Labute approximate surface area is 401 Å². The summed E-state index contributed by atoms with van der Waals surface area (Å²) < 4.78 is 8.68. The number of furan rings is 1. The van der Waals surface area contributed by atoms with Gasteiger partial charge in [-0.15, -0.1) is 0 Å². The van der Waals surface area contributed by atoms with E-state index in [1.165, 1.54) is 44.1 Å². The summed E-state index contributed by atoms with van der Waals surface area (Å²) in [6, 6.07) is 96.1. The molecule has 0 atom stereocenters. The van der Waals surface area contributed by atoms with Crippen LogP contribution < -0.4 is 4.90 Å². The van der Waals surface area contributed by atoms with Crippen LogP contribution >= 0.6 is 0 Å². The van der Waals surface area contributed by atoms with E-state index in [4.69, 9.17) is 4.42 Å². The van der Waals surface area contributed by atoms with Crippen molar-refractivity contribution in [3.8, 4) is 61.3 Å². The molecule has 0 aliphatic carbocycles. The van der Waals surface area contributed by atoms with Gasteiger partial charge in [0.25, 0.3) is 0 Å². The van der Waals surface area contributed by atoms with Crippen molar-refractivity contribution in [3.63, 3.8) is 0 Å². The molecule has 0 unspecified atom stereocenters. The van der Waals surface area contributed by atoms with E-state index < -0.39 is 0 Å². The molecule has 2 heterocycles. The Bertz CT molecular complexity index is 3940. The lowest BCUT2D eigenvalue weighted by Gasteiger charge is -2.29. The summed E-state index contributed by atoms with van der Waals surface area (Å²) in [5.41, 5.74) is 20.2. The van der Waals surface area contributed by atoms with Gasteiger partial charge in [0.15, 0.2) is 0 Å². The van der Waals surface area contributed by atoms with Crippen LogP contribution in [-0.4, -0.2) is 4.57 Å². The number of para-hydroxylation sites is 4. The van der Waals surface area contributed by atoms with Gasteiger partial charge in [-0.25, -0.2) is 0 Å². The van der Waals surface area contributed by atoms with Gasteiger partial charge in [0.2, 0.25) is 0 Å². The minimum Gasteiger partial charge on any atom is -0.456 e. The maximum absolute atomic E-state index is 6.31. The molecule has 3 heteroatoms. The maximum Gasteiger partial charge on any atom is 0.136 e. The number of aromatic nitrogens is 1. The van der Waals surface area contributed by atoms with E-state index in [0.29, 0.717) is 0 Å². The highest BCUT2D eigenvalue weighted by molar-refractivity contribution is 6.09. The molecule has 0 fully saturated rings. The molecule has 13 rings (SSSR count). The van der Waals surface area contributed by atoms with Crippen molar-refractivity contribution in [2.45, 2.75) is 0 Å². The lowest BCUT2D eigenvalue weighted by atomic mass is 9.88. The molecule has 2 aromatic heterocycles. The average molecular weight is 881 g/mol. The molecule has 0 saturated heterocycles. The Kier molecular flexibility index (Phi) is 9.84. The molecule has 0 amide bonds. The number of fused-ring (bicyclic) bond motifs is 6. The Morgan fingerprint density at radius 2 is 0.710 bits per heavy atom. The molecule has 69 heavy (non-hydrogen) atoms. The SMILES string of the molecule is c1ccc(-c2ccccc2-c2ccccc2-c2ccccc2N(c2ccc(-c3ccc(-n4c5ccccc5c5ccccc54)cc3)cc2)c2ccc(-c3ccc4c(c3)oc3ccccc34)cc2)cc1. The predicted molar refractivity (Wildman–Crippen MR) is 290 cm³/mol. The molecule has 0 spiro atoms. The second-order valence-electron chi connectivity index (χ2n) is 17.6. The lowest BCUT2D eigenvalue weighted by molar-refractivity contribution is 0.669. The maximum atomic E-state index is 6.31. The van der Waals surface area contributed by atoms with Crippen molar-refractivity contribution in [1.29, 1.82) is 0 Å². The largest absolute Gasteiger partial charge is 0.456 e. The molecule has 0 N–H and O–H groups in total. The molecule has 3 nitrogen and oxygen atoms in total. The number of rotatable bonds is 9. The number of nitrogens with zero attached hydrogens (tertiary/aromatic N) is 2. The predicted octanol–water partition coefficient (Wildman–Crippen LogP) is 18.5.